The van der Waals surface area contributed by atoms with Crippen LogP contribution < -0.4 is 5.32 Å². The number of phenolic OH excluding ortho intramolecular Hbond substituents is 1. The molecule has 1 aliphatic heterocycles. The number of amides is 1. The average Bonchev–Trinajstić information content (AvgIpc) is 2.32. The number of carbonyl (C=O) groups is 1. The molecule has 5 nitrogen and oxygen atoms in total. The summed E-state index contributed by atoms with van der Waals surface area (Å²) in [6.07, 6.45) is -0.600. The summed E-state index contributed by atoms with van der Waals surface area (Å²) >= 11 is 0. The van der Waals surface area contributed by atoms with Crippen molar-refractivity contribution in [3.8, 4) is 5.75 Å². The monoisotopic (exact) mass is 254 g/mol. The summed E-state index contributed by atoms with van der Waals surface area (Å²) in [5, 5.41) is 11.5. The third kappa shape index (κ3) is 2.96. The summed E-state index contributed by atoms with van der Waals surface area (Å²) < 4.78 is 18.7. The molecule has 0 saturated carbocycles. The fraction of sp³-hybridized carbons (Fsp3) is 0.417. The van der Waals surface area contributed by atoms with Gasteiger partial charge in [0.05, 0.1) is 12.3 Å². The normalized spacial score (nSPS) is 20.7. The number of morpholine rings is 1. The minimum atomic E-state index is -0.674. The van der Waals surface area contributed by atoms with Crippen LogP contribution >= 0.6 is 0 Å². The predicted molar refractivity (Wildman–Crippen MR) is 63.9 cm³/mol. The largest absolute Gasteiger partial charge is 0.508 e. The third-order valence-corrected chi connectivity index (χ3v) is 2.77. The molecule has 1 heterocycles. The van der Waals surface area contributed by atoms with Gasteiger partial charge in [0.15, 0.2) is 0 Å². The zero-order chi connectivity index (χ0) is 13.1. The maximum absolute atomic E-state index is 13.4. The van der Waals surface area contributed by atoms with E-state index in [0.717, 1.165) is 12.6 Å². The number of benzene rings is 1. The Labute approximate surface area is 104 Å². The molecule has 1 aromatic rings. The maximum atomic E-state index is 13.4. The summed E-state index contributed by atoms with van der Waals surface area (Å²) in [6, 6.07) is 3.57. The van der Waals surface area contributed by atoms with Crippen LogP contribution in [0.1, 0.15) is 0 Å². The van der Waals surface area contributed by atoms with E-state index in [0.29, 0.717) is 13.2 Å². The second-order valence-electron chi connectivity index (χ2n) is 4.28. The first kappa shape index (κ1) is 12.8. The number of ether oxygens (including phenoxy) is 1. The molecule has 1 saturated heterocycles. The van der Waals surface area contributed by atoms with E-state index >= 15 is 0 Å². The fourth-order valence-corrected chi connectivity index (χ4v) is 1.76. The molecule has 0 radical (unpaired) electrons. The van der Waals surface area contributed by atoms with Gasteiger partial charge in [-0.3, -0.25) is 4.79 Å². The molecule has 1 fully saturated rings. The zero-order valence-electron chi connectivity index (χ0n) is 10.0. The van der Waals surface area contributed by atoms with Crippen LogP contribution in [0.15, 0.2) is 18.2 Å². The van der Waals surface area contributed by atoms with Crippen molar-refractivity contribution in [3.63, 3.8) is 0 Å². The fourth-order valence-electron chi connectivity index (χ4n) is 1.76. The van der Waals surface area contributed by atoms with Gasteiger partial charge in [0.25, 0.3) is 5.91 Å². The number of halogens is 1. The highest BCUT2D eigenvalue weighted by atomic mass is 19.1. The molecule has 0 bridgehead atoms. The van der Waals surface area contributed by atoms with Crippen LogP contribution in [0, 0.1) is 5.82 Å². The molecule has 98 valence electrons. The predicted octanol–water partition coefficient (Wildman–Crippen LogP) is 0.800. The van der Waals surface area contributed by atoms with Gasteiger partial charge in [0.2, 0.25) is 0 Å². The molecular weight excluding hydrogens is 239 g/mol. The number of hydrogen-bond acceptors (Lipinski definition) is 4. The quantitative estimate of drug-likeness (QED) is 0.766. The van der Waals surface area contributed by atoms with Crippen molar-refractivity contribution in [1.29, 1.82) is 0 Å². The first-order valence-electron chi connectivity index (χ1n) is 5.66. The van der Waals surface area contributed by atoms with E-state index in [1.54, 1.807) is 0 Å². The molecular formula is C12H15FN2O3. The second kappa shape index (κ2) is 5.32. The van der Waals surface area contributed by atoms with E-state index in [-0.39, 0.29) is 17.3 Å². The Kier molecular flexibility index (Phi) is 3.78. The van der Waals surface area contributed by atoms with Crippen molar-refractivity contribution >= 4 is 11.6 Å². The molecule has 1 aromatic carbocycles. The highest BCUT2D eigenvalue weighted by Gasteiger charge is 2.25. The lowest BCUT2D eigenvalue weighted by Gasteiger charge is -2.29. The molecule has 2 N–H and O–H groups in total. The van der Waals surface area contributed by atoms with Gasteiger partial charge in [-0.05, 0) is 19.2 Å². The van der Waals surface area contributed by atoms with Gasteiger partial charge in [-0.15, -0.1) is 0 Å². The van der Waals surface area contributed by atoms with Crippen LogP contribution in [0.4, 0.5) is 10.1 Å². The summed E-state index contributed by atoms with van der Waals surface area (Å²) in [5.41, 5.74) is 0.0367. The summed E-state index contributed by atoms with van der Waals surface area (Å²) in [4.78, 5) is 13.8. The van der Waals surface area contributed by atoms with Crippen molar-refractivity contribution in [1.82, 2.24) is 4.90 Å². The summed E-state index contributed by atoms with van der Waals surface area (Å²) in [7, 11) is 1.89. The van der Waals surface area contributed by atoms with Gasteiger partial charge >= 0.3 is 0 Å². The van der Waals surface area contributed by atoms with Crippen LogP contribution in [-0.4, -0.2) is 48.8 Å². The van der Waals surface area contributed by atoms with E-state index < -0.39 is 11.9 Å². The first-order chi connectivity index (χ1) is 8.56. The van der Waals surface area contributed by atoms with Crippen molar-refractivity contribution < 1.29 is 19.0 Å². The van der Waals surface area contributed by atoms with Crippen LogP contribution in [-0.2, 0) is 9.53 Å². The molecule has 18 heavy (non-hydrogen) atoms. The lowest BCUT2D eigenvalue weighted by atomic mass is 10.2. The van der Waals surface area contributed by atoms with Crippen LogP contribution in [0.5, 0.6) is 5.75 Å². The van der Waals surface area contributed by atoms with Crippen molar-refractivity contribution in [2.45, 2.75) is 6.10 Å². The molecule has 2 rings (SSSR count). The molecule has 1 aliphatic rings. The highest BCUT2D eigenvalue weighted by Crippen LogP contribution is 2.20. The number of nitrogens with zero attached hydrogens (tertiary/aromatic N) is 1. The zero-order valence-corrected chi connectivity index (χ0v) is 10.0. The molecule has 0 unspecified atom stereocenters. The Bertz CT molecular complexity index is 453. The van der Waals surface area contributed by atoms with Crippen molar-refractivity contribution in [2.24, 2.45) is 0 Å². The number of anilines is 1. The lowest BCUT2D eigenvalue weighted by molar-refractivity contribution is -0.132. The number of likely N-dealkylation sites (N-methyl/N-ethyl adjacent to an activating group) is 1. The third-order valence-electron chi connectivity index (χ3n) is 2.77. The van der Waals surface area contributed by atoms with E-state index in [1.165, 1.54) is 12.1 Å². The standard InChI is InChI=1S/C12H15FN2O3/c1-15-4-5-18-11(7-15)12(17)14-10-3-2-8(16)6-9(10)13/h2-3,6,11,16H,4-5,7H2,1H3,(H,14,17)/t11-/m0/s1. The Morgan fingerprint density at radius 2 is 2.39 bits per heavy atom. The molecule has 1 amide bonds. The summed E-state index contributed by atoms with van der Waals surface area (Å²) in [5.74, 6) is -1.24. The molecule has 0 spiro atoms. The van der Waals surface area contributed by atoms with Gasteiger partial charge in [0, 0.05) is 19.2 Å². The Morgan fingerprint density at radius 3 is 3.06 bits per heavy atom. The molecule has 6 heteroatoms. The van der Waals surface area contributed by atoms with Crippen molar-refractivity contribution in [2.75, 3.05) is 32.1 Å². The Morgan fingerprint density at radius 1 is 1.61 bits per heavy atom. The van der Waals surface area contributed by atoms with E-state index in [9.17, 15) is 9.18 Å². The minimum absolute atomic E-state index is 0.0367. The highest BCUT2D eigenvalue weighted by molar-refractivity contribution is 5.94. The number of nitrogens with one attached hydrogen (secondary N) is 1. The second-order valence-corrected chi connectivity index (χ2v) is 4.28. The maximum Gasteiger partial charge on any atom is 0.254 e. The number of phenols is 1. The SMILES string of the molecule is CN1CCO[C@H](C(=O)Nc2ccc(O)cc2F)C1. The van der Waals surface area contributed by atoms with Gasteiger partial charge in [-0.25, -0.2) is 4.39 Å². The number of carbonyl (C=O) groups excluding carboxylic acids is 1. The van der Waals surface area contributed by atoms with E-state index in [1.807, 2.05) is 11.9 Å². The first-order valence-corrected chi connectivity index (χ1v) is 5.66. The minimum Gasteiger partial charge on any atom is -0.508 e. The molecule has 1 atom stereocenters. The molecule has 0 aliphatic carbocycles. The van der Waals surface area contributed by atoms with Gasteiger partial charge in [0.1, 0.15) is 17.7 Å². The van der Waals surface area contributed by atoms with Crippen LogP contribution in [0.25, 0.3) is 0 Å². The van der Waals surface area contributed by atoms with Crippen LogP contribution in [0.3, 0.4) is 0 Å². The average molecular weight is 254 g/mol. The van der Waals surface area contributed by atoms with E-state index in [4.69, 9.17) is 9.84 Å². The van der Waals surface area contributed by atoms with Crippen LogP contribution in [0.2, 0.25) is 0 Å². The number of aromatic hydroxyl groups is 1. The number of hydrogen-bond donors (Lipinski definition) is 2. The molecule has 0 aromatic heterocycles. The van der Waals surface area contributed by atoms with Gasteiger partial charge in [-0.2, -0.15) is 0 Å². The Balaban J connectivity index is 2.02. The van der Waals surface area contributed by atoms with E-state index in [2.05, 4.69) is 5.32 Å². The smallest absolute Gasteiger partial charge is 0.254 e. The topological polar surface area (TPSA) is 61.8 Å². The Hall–Kier alpha value is -1.66. The van der Waals surface area contributed by atoms with Gasteiger partial charge < -0.3 is 20.1 Å². The lowest BCUT2D eigenvalue weighted by Crippen LogP contribution is -2.46. The summed E-state index contributed by atoms with van der Waals surface area (Å²) in [6.45, 7) is 1.73. The van der Waals surface area contributed by atoms with Crippen molar-refractivity contribution in [3.05, 3.63) is 24.0 Å². The number of rotatable bonds is 2. The van der Waals surface area contributed by atoms with Gasteiger partial charge in [-0.1, -0.05) is 0 Å².